The molecule has 4 nitrogen and oxygen atoms in total. The van der Waals surface area contributed by atoms with E-state index in [1.54, 1.807) is 35.1 Å². The summed E-state index contributed by atoms with van der Waals surface area (Å²) in [5, 5.41) is 5.91. The molecule has 3 aromatic heterocycles. The van der Waals surface area contributed by atoms with Crippen LogP contribution in [0.4, 0.5) is 17.6 Å². The first-order valence-electron chi connectivity index (χ1n) is 7.28. The predicted molar refractivity (Wildman–Crippen MR) is 83.2 cm³/mol. The van der Waals surface area contributed by atoms with Gasteiger partial charge in [-0.3, -0.25) is 5.10 Å². The smallest absolute Gasteiger partial charge is 0.306 e. The first kappa shape index (κ1) is 15.4. The van der Waals surface area contributed by atoms with Crippen LogP contribution in [-0.4, -0.2) is 19.6 Å². The molecule has 0 atom stereocenters. The molecule has 0 unspecified atom stereocenters. The maximum atomic E-state index is 13.4. The largest absolute Gasteiger partial charge is 0.433 e. The highest BCUT2D eigenvalue weighted by Gasteiger charge is 2.38. The Bertz CT molecular complexity index is 1040. The van der Waals surface area contributed by atoms with Gasteiger partial charge in [0.05, 0.1) is 0 Å². The van der Waals surface area contributed by atoms with Gasteiger partial charge >= 0.3 is 6.18 Å². The first-order valence-corrected chi connectivity index (χ1v) is 7.28. The maximum absolute atomic E-state index is 13.4. The number of nitrogens with zero attached hydrogens (tertiary/aromatic N) is 3. The average molecular weight is 346 g/mol. The summed E-state index contributed by atoms with van der Waals surface area (Å²) in [4.78, 5) is 4.08. The van der Waals surface area contributed by atoms with Crippen molar-refractivity contribution in [2.75, 3.05) is 0 Å². The minimum atomic E-state index is -4.61. The summed E-state index contributed by atoms with van der Waals surface area (Å²) in [7, 11) is 0. The summed E-state index contributed by atoms with van der Waals surface area (Å²) in [5.41, 5.74) is 0.386. The molecule has 0 amide bonds. The van der Waals surface area contributed by atoms with Gasteiger partial charge in [-0.25, -0.2) is 9.37 Å². The van der Waals surface area contributed by atoms with Crippen molar-refractivity contribution in [2.45, 2.75) is 6.18 Å². The normalized spacial score (nSPS) is 12.0. The van der Waals surface area contributed by atoms with Gasteiger partial charge < -0.3 is 4.40 Å². The molecule has 0 bridgehead atoms. The first-order chi connectivity index (χ1) is 11.9. The molecule has 8 heteroatoms. The molecule has 0 saturated carbocycles. The van der Waals surface area contributed by atoms with Crippen molar-refractivity contribution in [2.24, 2.45) is 0 Å². The molecule has 0 saturated heterocycles. The number of H-pyrrole nitrogens is 1. The lowest BCUT2D eigenvalue weighted by Crippen LogP contribution is -2.07. The molecule has 0 aliphatic carbocycles. The standard InChI is InChI=1S/C17H10F4N4/c18-12-4-1-10(2-5-12)15-14(16(24-23-15)17(19,20)21)11-3-6-13-22-7-8-25(13)9-11/h1-9H,(H,23,24). The lowest BCUT2D eigenvalue weighted by Gasteiger charge is -2.10. The van der Waals surface area contributed by atoms with Gasteiger partial charge in [0, 0.05) is 35.3 Å². The number of aromatic nitrogens is 4. The Morgan fingerprint density at radius 2 is 1.68 bits per heavy atom. The predicted octanol–water partition coefficient (Wildman–Crippen LogP) is 4.55. The molecule has 0 aliphatic heterocycles. The van der Waals surface area contributed by atoms with Gasteiger partial charge in [-0.05, 0) is 36.4 Å². The number of pyridine rings is 1. The Kier molecular flexibility index (Phi) is 3.34. The van der Waals surface area contributed by atoms with Gasteiger partial charge in [-0.15, -0.1) is 0 Å². The van der Waals surface area contributed by atoms with Crippen LogP contribution in [-0.2, 0) is 6.18 Å². The Balaban J connectivity index is 1.97. The zero-order valence-electron chi connectivity index (χ0n) is 12.5. The van der Waals surface area contributed by atoms with Crippen molar-refractivity contribution in [1.29, 1.82) is 0 Å². The zero-order chi connectivity index (χ0) is 17.6. The van der Waals surface area contributed by atoms with Gasteiger partial charge in [0.1, 0.15) is 22.9 Å². The summed E-state index contributed by atoms with van der Waals surface area (Å²) < 4.78 is 55.1. The van der Waals surface area contributed by atoms with Crippen molar-refractivity contribution in [3.8, 4) is 22.4 Å². The summed E-state index contributed by atoms with van der Waals surface area (Å²) in [6, 6.07) is 8.32. The van der Waals surface area contributed by atoms with E-state index in [-0.39, 0.29) is 11.3 Å². The molecule has 126 valence electrons. The number of hydrogen-bond acceptors (Lipinski definition) is 2. The van der Waals surface area contributed by atoms with Crippen molar-refractivity contribution in [3.05, 3.63) is 66.5 Å². The second-order valence-corrected chi connectivity index (χ2v) is 5.44. The summed E-state index contributed by atoms with van der Waals surface area (Å²) in [6.45, 7) is 0. The molecule has 4 aromatic rings. The van der Waals surface area contributed by atoms with Crippen LogP contribution in [0.2, 0.25) is 0 Å². The van der Waals surface area contributed by atoms with E-state index in [4.69, 9.17) is 0 Å². The molecular weight excluding hydrogens is 336 g/mol. The van der Waals surface area contributed by atoms with Crippen LogP contribution in [0.1, 0.15) is 5.69 Å². The molecule has 25 heavy (non-hydrogen) atoms. The van der Waals surface area contributed by atoms with Crippen LogP contribution in [0.15, 0.2) is 55.0 Å². The highest BCUT2D eigenvalue weighted by molar-refractivity contribution is 5.83. The minimum absolute atomic E-state index is 0.0882. The van der Waals surface area contributed by atoms with E-state index in [1.165, 1.54) is 24.3 Å². The van der Waals surface area contributed by atoms with E-state index < -0.39 is 17.7 Å². The number of benzene rings is 1. The third kappa shape index (κ3) is 2.65. The fourth-order valence-corrected chi connectivity index (χ4v) is 2.71. The molecule has 0 radical (unpaired) electrons. The number of hydrogen-bond donors (Lipinski definition) is 1. The number of aromatic amines is 1. The van der Waals surface area contributed by atoms with Crippen molar-refractivity contribution >= 4 is 5.65 Å². The van der Waals surface area contributed by atoms with Gasteiger partial charge in [0.25, 0.3) is 0 Å². The molecule has 0 fully saturated rings. The number of imidazole rings is 1. The zero-order valence-corrected chi connectivity index (χ0v) is 12.5. The van der Waals surface area contributed by atoms with Gasteiger partial charge in [0.2, 0.25) is 0 Å². The fourth-order valence-electron chi connectivity index (χ4n) is 2.71. The highest BCUT2D eigenvalue weighted by Crippen LogP contribution is 2.41. The lowest BCUT2D eigenvalue weighted by atomic mass is 10.00. The number of alkyl halides is 3. The third-order valence-electron chi connectivity index (χ3n) is 3.84. The molecule has 4 rings (SSSR count). The number of halogens is 4. The van der Waals surface area contributed by atoms with E-state index in [2.05, 4.69) is 15.2 Å². The van der Waals surface area contributed by atoms with Crippen molar-refractivity contribution in [1.82, 2.24) is 19.6 Å². The van der Waals surface area contributed by atoms with Gasteiger partial charge in [-0.2, -0.15) is 18.3 Å². The van der Waals surface area contributed by atoms with Crippen LogP contribution in [0.3, 0.4) is 0 Å². The SMILES string of the molecule is Fc1ccc(-c2n[nH]c(C(F)(F)F)c2-c2ccc3nccn3c2)cc1. The molecular formula is C17H10F4N4. The van der Waals surface area contributed by atoms with Crippen molar-refractivity contribution < 1.29 is 17.6 Å². The van der Waals surface area contributed by atoms with Crippen molar-refractivity contribution in [3.63, 3.8) is 0 Å². The number of rotatable bonds is 2. The van der Waals surface area contributed by atoms with Gasteiger partial charge in [-0.1, -0.05) is 0 Å². The summed E-state index contributed by atoms with van der Waals surface area (Å²) in [5.74, 6) is -0.475. The fraction of sp³-hybridized carbons (Fsp3) is 0.0588. The molecule has 0 aliphatic rings. The quantitative estimate of drug-likeness (QED) is 0.541. The highest BCUT2D eigenvalue weighted by atomic mass is 19.4. The monoisotopic (exact) mass is 346 g/mol. The Labute approximate surface area is 138 Å². The second-order valence-electron chi connectivity index (χ2n) is 5.44. The molecule has 1 aromatic carbocycles. The van der Waals surface area contributed by atoms with Crippen LogP contribution in [0.5, 0.6) is 0 Å². The van der Waals surface area contributed by atoms with E-state index in [1.807, 2.05) is 0 Å². The molecule has 0 spiro atoms. The average Bonchev–Trinajstić information content (AvgIpc) is 3.21. The van der Waals surface area contributed by atoms with Crippen LogP contribution in [0.25, 0.3) is 28.0 Å². The second kappa shape index (κ2) is 5.44. The van der Waals surface area contributed by atoms with E-state index in [0.29, 0.717) is 16.8 Å². The van der Waals surface area contributed by atoms with Gasteiger partial charge in [0.15, 0.2) is 0 Å². The third-order valence-corrected chi connectivity index (χ3v) is 3.84. The Hall–Kier alpha value is -3.16. The van der Waals surface area contributed by atoms with E-state index >= 15 is 0 Å². The topological polar surface area (TPSA) is 46.0 Å². The summed E-state index contributed by atoms with van der Waals surface area (Å²) >= 11 is 0. The van der Waals surface area contributed by atoms with Crippen LogP contribution >= 0.6 is 0 Å². The molecule has 1 N–H and O–H groups in total. The number of nitrogens with one attached hydrogen (secondary N) is 1. The van der Waals surface area contributed by atoms with Crippen LogP contribution in [0, 0.1) is 5.82 Å². The Morgan fingerprint density at radius 1 is 0.960 bits per heavy atom. The Morgan fingerprint density at radius 3 is 2.40 bits per heavy atom. The minimum Gasteiger partial charge on any atom is -0.306 e. The lowest BCUT2D eigenvalue weighted by molar-refractivity contribution is -0.140. The number of fused-ring (bicyclic) bond motifs is 1. The maximum Gasteiger partial charge on any atom is 0.433 e. The van der Waals surface area contributed by atoms with E-state index in [0.717, 1.165) is 0 Å². The van der Waals surface area contributed by atoms with E-state index in [9.17, 15) is 17.6 Å². The summed E-state index contributed by atoms with van der Waals surface area (Å²) in [6.07, 6.45) is 0.143. The van der Waals surface area contributed by atoms with Crippen LogP contribution < -0.4 is 0 Å². The molecule has 3 heterocycles.